The highest BCUT2D eigenvalue weighted by molar-refractivity contribution is 6.18. The molecule has 0 spiro atoms. The third-order valence-corrected chi connectivity index (χ3v) is 3.08. The average molecular weight is 256 g/mol. The number of halogens is 1. The van der Waals surface area contributed by atoms with E-state index in [1.54, 1.807) is 0 Å². The summed E-state index contributed by atoms with van der Waals surface area (Å²) in [7, 11) is 0. The number of alkyl halides is 1. The van der Waals surface area contributed by atoms with E-state index >= 15 is 0 Å². The number of nitrogens with zero attached hydrogens (tertiary/aromatic N) is 3. The van der Waals surface area contributed by atoms with Crippen LogP contribution in [0.3, 0.4) is 0 Å². The molecule has 0 saturated carbocycles. The third kappa shape index (κ3) is 2.36. The van der Waals surface area contributed by atoms with Crippen molar-refractivity contribution in [3.8, 4) is 0 Å². The summed E-state index contributed by atoms with van der Waals surface area (Å²) in [5.41, 5.74) is -0.0721. The van der Waals surface area contributed by atoms with E-state index in [4.69, 9.17) is 11.6 Å². The molecule has 1 atom stereocenters. The Morgan fingerprint density at radius 3 is 3.00 bits per heavy atom. The van der Waals surface area contributed by atoms with Gasteiger partial charge in [-0.25, -0.2) is 4.98 Å². The number of rotatable bonds is 3. The monoisotopic (exact) mass is 255 g/mol. The molecule has 90 valence electrons. The summed E-state index contributed by atoms with van der Waals surface area (Å²) in [6.07, 6.45) is 1.70. The summed E-state index contributed by atoms with van der Waals surface area (Å²) < 4.78 is 0. The van der Waals surface area contributed by atoms with Gasteiger partial charge in [0.1, 0.15) is 5.82 Å². The van der Waals surface area contributed by atoms with Crippen LogP contribution in [0.5, 0.6) is 0 Å². The standard InChI is InChI=1S/C10H10ClN3O3/c11-5-7-3-10(15)13(6-7)9-4-8(14(16)17)1-2-12-9/h1-2,4,7H,3,5-6H2. The maximum atomic E-state index is 11.7. The van der Waals surface area contributed by atoms with Gasteiger partial charge in [0.25, 0.3) is 5.69 Å². The normalized spacial score (nSPS) is 19.7. The van der Waals surface area contributed by atoms with Crippen molar-refractivity contribution in [2.45, 2.75) is 6.42 Å². The predicted octanol–water partition coefficient (Wildman–Crippen LogP) is 1.58. The van der Waals surface area contributed by atoms with Gasteiger partial charge in [0.05, 0.1) is 11.0 Å². The predicted molar refractivity (Wildman–Crippen MR) is 62.1 cm³/mol. The quantitative estimate of drug-likeness (QED) is 0.467. The molecular formula is C10H10ClN3O3. The van der Waals surface area contributed by atoms with Crippen LogP contribution in [0.25, 0.3) is 0 Å². The molecule has 1 saturated heterocycles. The fourth-order valence-corrected chi connectivity index (χ4v) is 1.98. The molecule has 7 heteroatoms. The van der Waals surface area contributed by atoms with Crippen molar-refractivity contribution in [2.75, 3.05) is 17.3 Å². The second-order valence-electron chi connectivity index (χ2n) is 3.86. The van der Waals surface area contributed by atoms with Crippen molar-refractivity contribution in [2.24, 2.45) is 5.92 Å². The highest BCUT2D eigenvalue weighted by Gasteiger charge is 2.31. The first kappa shape index (κ1) is 11.8. The molecule has 17 heavy (non-hydrogen) atoms. The SMILES string of the molecule is O=C1CC(CCl)CN1c1cc([N+](=O)[O-])ccn1. The lowest BCUT2D eigenvalue weighted by molar-refractivity contribution is -0.384. The van der Waals surface area contributed by atoms with E-state index in [1.165, 1.54) is 23.2 Å². The zero-order valence-electron chi connectivity index (χ0n) is 8.88. The van der Waals surface area contributed by atoms with Gasteiger partial charge >= 0.3 is 0 Å². The number of hydrogen-bond donors (Lipinski definition) is 0. The number of carbonyl (C=O) groups excluding carboxylic acids is 1. The Labute approximate surface area is 102 Å². The van der Waals surface area contributed by atoms with Gasteiger partial charge in [-0.2, -0.15) is 0 Å². The maximum Gasteiger partial charge on any atom is 0.274 e. The van der Waals surface area contributed by atoms with Crippen LogP contribution in [0, 0.1) is 16.0 Å². The van der Waals surface area contributed by atoms with Crippen LogP contribution in [0.15, 0.2) is 18.3 Å². The average Bonchev–Trinajstić information content (AvgIpc) is 2.71. The van der Waals surface area contributed by atoms with Crippen LogP contribution in [0.4, 0.5) is 11.5 Å². The van der Waals surface area contributed by atoms with E-state index in [9.17, 15) is 14.9 Å². The molecule has 1 aromatic rings. The molecule has 2 heterocycles. The number of carbonyl (C=O) groups is 1. The number of pyridine rings is 1. The zero-order valence-corrected chi connectivity index (χ0v) is 9.63. The van der Waals surface area contributed by atoms with Gasteiger partial charge in [-0.1, -0.05) is 0 Å². The Bertz CT molecular complexity index is 466. The number of amides is 1. The topological polar surface area (TPSA) is 76.3 Å². The fourth-order valence-electron chi connectivity index (χ4n) is 1.78. The van der Waals surface area contributed by atoms with Crippen LogP contribution in [0.1, 0.15) is 6.42 Å². The molecule has 0 N–H and O–H groups in total. The maximum absolute atomic E-state index is 11.7. The molecule has 0 aliphatic carbocycles. The van der Waals surface area contributed by atoms with Gasteiger partial charge in [-0.05, 0) is 5.92 Å². The van der Waals surface area contributed by atoms with Crippen LogP contribution < -0.4 is 4.90 Å². The highest BCUT2D eigenvalue weighted by atomic mass is 35.5. The van der Waals surface area contributed by atoms with E-state index in [1.807, 2.05) is 0 Å². The molecule has 1 aromatic heterocycles. The van der Waals surface area contributed by atoms with Gasteiger partial charge in [0, 0.05) is 31.1 Å². The molecule has 1 amide bonds. The summed E-state index contributed by atoms with van der Waals surface area (Å²) in [5.74, 6) is 0.711. The molecule has 1 aliphatic heterocycles. The Hall–Kier alpha value is -1.69. The number of nitro groups is 1. The summed E-state index contributed by atoms with van der Waals surface area (Å²) in [5, 5.41) is 10.6. The summed E-state index contributed by atoms with van der Waals surface area (Å²) in [6.45, 7) is 0.469. The van der Waals surface area contributed by atoms with Gasteiger partial charge in [0.15, 0.2) is 0 Å². The molecule has 6 nitrogen and oxygen atoms in total. The Morgan fingerprint density at radius 2 is 2.41 bits per heavy atom. The summed E-state index contributed by atoms with van der Waals surface area (Å²) in [4.78, 5) is 27.2. The minimum absolute atomic E-state index is 0.0721. The number of anilines is 1. The molecule has 1 aliphatic rings. The van der Waals surface area contributed by atoms with Gasteiger partial charge in [-0.3, -0.25) is 19.8 Å². The lowest BCUT2D eigenvalue weighted by Gasteiger charge is -2.14. The highest BCUT2D eigenvalue weighted by Crippen LogP contribution is 2.26. The van der Waals surface area contributed by atoms with Crippen molar-refractivity contribution in [1.82, 2.24) is 4.98 Å². The largest absolute Gasteiger partial charge is 0.296 e. The van der Waals surface area contributed by atoms with Crippen LogP contribution >= 0.6 is 11.6 Å². The molecule has 2 rings (SSSR count). The number of aromatic nitrogens is 1. The molecule has 1 unspecified atom stereocenters. The second kappa shape index (κ2) is 4.67. The van der Waals surface area contributed by atoms with Gasteiger partial charge in [0.2, 0.25) is 5.91 Å². The van der Waals surface area contributed by atoms with Crippen molar-refractivity contribution in [3.63, 3.8) is 0 Å². The van der Waals surface area contributed by atoms with Gasteiger partial charge in [-0.15, -0.1) is 11.6 Å². The van der Waals surface area contributed by atoms with E-state index in [0.717, 1.165) is 0 Å². The summed E-state index contributed by atoms with van der Waals surface area (Å²) >= 11 is 5.70. The summed E-state index contributed by atoms with van der Waals surface area (Å²) in [6, 6.07) is 2.59. The third-order valence-electron chi connectivity index (χ3n) is 2.64. The second-order valence-corrected chi connectivity index (χ2v) is 4.17. The fraction of sp³-hybridized carbons (Fsp3) is 0.400. The lowest BCUT2D eigenvalue weighted by Crippen LogP contribution is -2.25. The first-order valence-electron chi connectivity index (χ1n) is 5.08. The van der Waals surface area contributed by atoms with E-state index in [0.29, 0.717) is 24.7 Å². The van der Waals surface area contributed by atoms with Crippen LogP contribution in [0.2, 0.25) is 0 Å². The Morgan fingerprint density at radius 1 is 1.65 bits per heavy atom. The first-order valence-corrected chi connectivity index (χ1v) is 5.62. The van der Waals surface area contributed by atoms with Crippen molar-refractivity contribution < 1.29 is 9.72 Å². The van der Waals surface area contributed by atoms with Crippen molar-refractivity contribution in [1.29, 1.82) is 0 Å². The Balaban J connectivity index is 2.25. The molecule has 1 fully saturated rings. The van der Waals surface area contributed by atoms with Crippen molar-refractivity contribution >= 4 is 29.0 Å². The Kier molecular flexibility index (Phi) is 3.23. The molecule has 0 radical (unpaired) electrons. The van der Waals surface area contributed by atoms with Crippen LogP contribution in [-0.2, 0) is 4.79 Å². The van der Waals surface area contributed by atoms with E-state index in [2.05, 4.69) is 4.98 Å². The first-order chi connectivity index (χ1) is 8.11. The minimum Gasteiger partial charge on any atom is -0.296 e. The van der Waals surface area contributed by atoms with Crippen molar-refractivity contribution in [3.05, 3.63) is 28.4 Å². The molecule has 0 aromatic carbocycles. The van der Waals surface area contributed by atoms with Crippen LogP contribution in [-0.4, -0.2) is 28.2 Å². The lowest BCUT2D eigenvalue weighted by atomic mass is 10.1. The smallest absolute Gasteiger partial charge is 0.274 e. The zero-order chi connectivity index (χ0) is 12.4. The molecular weight excluding hydrogens is 246 g/mol. The van der Waals surface area contributed by atoms with E-state index in [-0.39, 0.29) is 17.5 Å². The molecule has 0 bridgehead atoms. The number of hydrogen-bond acceptors (Lipinski definition) is 4. The minimum atomic E-state index is -0.509. The van der Waals surface area contributed by atoms with Gasteiger partial charge < -0.3 is 0 Å². The van der Waals surface area contributed by atoms with E-state index < -0.39 is 4.92 Å².